The second-order valence-corrected chi connectivity index (χ2v) is 10.7. The van der Waals surface area contributed by atoms with Crippen LogP contribution in [0.5, 0.6) is 5.75 Å². The summed E-state index contributed by atoms with van der Waals surface area (Å²) in [6.45, 7) is -0.147. The van der Waals surface area contributed by atoms with Gasteiger partial charge in [-0.3, -0.25) is 9.00 Å². The number of aromatic nitrogens is 3. The van der Waals surface area contributed by atoms with Crippen LogP contribution in [0.1, 0.15) is 11.3 Å². The van der Waals surface area contributed by atoms with Crippen LogP contribution in [0.15, 0.2) is 39.5 Å². The van der Waals surface area contributed by atoms with E-state index in [0.717, 1.165) is 4.88 Å². The average Bonchev–Trinajstić information content (AvgIpc) is 3.46. The first kappa shape index (κ1) is 21.8. The molecule has 12 heteroatoms. The van der Waals surface area contributed by atoms with E-state index in [-0.39, 0.29) is 24.0 Å². The van der Waals surface area contributed by atoms with Crippen molar-refractivity contribution in [3.05, 3.63) is 56.5 Å². The Balaban J connectivity index is 1.65. The molecule has 4 heterocycles. The van der Waals surface area contributed by atoms with E-state index in [2.05, 4.69) is 9.97 Å². The second-order valence-electron chi connectivity index (χ2n) is 7.54. The molecular weight excluding hydrogens is 488 g/mol. The first-order chi connectivity index (χ1) is 15.8. The number of likely N-dealkylation sites (N-methyl/N-ethyl adjacent to an activating group) is 1. The third-order valence-corrected chi connectivity index (χ3v) is 7.52. The maximum Gasteiger partial charge on any atom is 0.425 e. The Morgan fingerprint density at radius 1 is 1.27 bits per heavy atom. The number of rotatable bonds is 5. The average molecular weight is 505 g/mol. The van der Waals surface area contributed by atoms with Crippen molar-refractivity contribution >= 4 is 50.7 Å². The van der Waals surface area contributed by atoms with Gasteiger partial charge >= 0.3 is 5.76 Å². The summed E-state index contributed by atoms with van der Waals surface area (Å²) in [6, 6.07) is 8.38. The molecular formula is C21H17ClN4O5S2. The Labute approximate surface area is 199 Å². The fraction of sp³-hybridized carbons (Fsp3) is 0.238. The van der Waals surface area contributed by atoms with Crippen LogP contribution in [-0.4, -0.2) is 50.3 Å². The van der Waals surface area contributed by atoms with Crippen LogP contribution < -0.4 is 10.5 Å². The van der Waals surface area contributed by atoms with Gasteiger partial charge < -0.3 is 14.1 Å². The number of carbonyl (C=O) groups excluding carboxylic acids is 1. The first-order valence-electron chi connectivity index (χ1n) is 9.79. The Morgan fingerprint density at radius 3 is 2.82 bits per heavy atom. The zero-order valence-electron chi connectivity index (χ0n) is 17.5. The molecule has 0 saturated carbocycles. The molecule has 0 N–H and O–H groups in total. The van der Waals surface area contributed by atoms with Gasteiger partial charge in [-0.2, -0.15) is 0 Å². The van der Waals surface area contributed by atoms with Crippen molar-refractivity contribution in [3.63, 3.8) is 0 Å². The minimum Gasteiger partial charge on any atom is -0.484 e. The van der Waals surface area contributed by atoms with Crippen LogP contribution in [0, 0.1) is 0 Å². The molecule has 0 radical (unpaired) electrons. The molecule has 1 amide bonds. The van der Waals surface area contributed by atoms with Crippen molar-refractivity contribution in [3.8, 4) is 22.3 Å². The van der Waals surface area contributed by atoms with Gasteiger partial charge in [0.1, 0.15) is 11.3 Å². The number of fused-ring (bicyclic) bond motifs is 2. The van der Waals surface area contributed by atoms with Gasteiger partial charge in [0.25, 0.3) is 5.91 Å². The lowest BCUT2D eigenvalue weighted by molar-refractivity contribution is -0.130. The third kappa shape index (κ3) is 4.07. The summed E-state index contributed by atoms with van der Waals surface area (Å²) < 4.78 is 25.3. The summed E-state index contributed by atoms with van der Waals surface area (Å²) in [7, 11) is 2.13. The zero-order valence-corrected chi connectivity index (χ0v) is 19.9. The minimum absolute atomic E-state index is 0.147. The number of halogens is 1. The van der Waals surface area contributed by atoms with E-state index in [0.29, 0.717) is 44.1 Å². The first-order valence-corrected chi connectivity index (χ1v) is 12.5. The number of amides is 1. The topological polar surface area (TPSA) is 108 Å². The minimum atomic E-state index is -1.15. The van der Waals surface area contributed by atoms with Crippen molar-refractivity contribution in [2.75, 3.05) is 20.7 Å². The molecule has 3 aromatic heterocycles. The van der Waals surface area contributed by atoms with E-state index < -0.39 is 16.6 Å². The lowest BCUT2D eigenvalue weighted by atomic mass is 10.2. The quantitative estimate of drug-likeness (QED) is 0.411. The van der Waals surface area contributed by atoms with Gasteiger partial charge in [-0.1, -0.05) is 11.6 Å². The molecule has 0 aliphatic carbocycles. The predicted octanol–water partition coefficient (Wildman–Crippen LogP) is 2.98. The molecule has 0 bridgehead atoms. The molecule has 1 unspecified atom stereocenters. The molecule has 33 heavy (non-hydrogen) atoms. The number of benzene rings is 1. The van der Waals surface area contributed by atoms with Gasteiger partial charge in [-0.05, 0) is 24.3 Å². The number of oxazole rings is 1. The van der Waals surface area contributed by atoms with Crippen LogP contribution in [0.3, 0.4) is 0 Å². The Bertz CT molecular complexity index is 1490. The molecule has 4 aromatic rings. The highest BCUT2D eigenvalue weighted by Crippen LogP contribution is 2.34. The van der Waals surface area contributed by atoms with Crippen molar-refractivity contribution in [2.24, 2.45) is 0 Å². The molecule has 9 nitrogen and oxygen atoms in total. The summed E-state index contributed by atoms with van der Waals surface area (Å²) >= 11 is 7.40. The molecule has 0 spiro atoms. The summed E-state index contributed by atoms with van der Waals surface area (Å²) in [5.74, 6) is 0.785. The van der Waals surface area contributed by atoms with Crippen LogP contribution in [0.4, 0.5) is 0 Å². The number of ether oxygens (including phenoxy) is 1. The van der Waals surface area contributed by atoms with Gasteiger partial charge in [-0.25, -0.2) is 19.3 Å². The number of hydrogen-bond acceptors (Lipinski definition) is 8. The monoisotopic (exact) mass is 504 g/mol. The molecule has 1 aromatic carbocycles. The smallest absolute Gasteiger partial charge is 0.425 e. The van der Waals surface area contributed by atoms with Gasteiger partial charge in [0, 0.05) is 36.5 Å². The molecule has 170 valence electrons. The molecule has 5 rings (SSSR count). The summed E-state index contributed by atoms with van der Waals surface area (Å²) in [5.41, 5.74) is 2.02. The Hall–Kier alpha value is -3.02. The van der Waals surface area contributed by atoms with E-state index in [1.807, 2.05) is 0 Å². The number of thiophene rings is 1. The van der Waals surface area contributed by atoms with Crippen molar-refractivity contribution < 1.29 is 18.2 Å². The third-order valence-electron chi connectivity index (χ3n) is 5.09. The van der Waals surface area contributed by atoms with E-state index >= 15 is 0 Å². The van der Waals surface area contributed by atoms with Gasteiger partial charge in [-0.15, -0.1) is 11.3 Å². The Morgan fingerprint density at radius 2 is 2.09 bits per heavy atom. The normalized spacial score (nSPS) is 15.1. The highest BCUT2D eigenvalue weighted by molar-refractivity contribution is 7.83. The number of nitrogens with zero attached hydrogens (tertiary/aromatic N) is 4. The van der Waals surface area contributed by atoms with E-state index in [1.54, 1.807) is 44.4 Å². The summed E-state index contributed by atoms with van der Waals surface area (Å²) in [5, 5.41) is 0. The van der Waals surface area contributed by atoms with Crippen LogP contribution in [0.25, 0.3) is 27.6 Å². The number of hydrogen-bond donors (Lipinski definition) is 0. The maximum atomic E-state index is 12.9. The summed E-state index contributed by atoms with van der Waals surface area (Å²) in [6.07, 6.45) is 0. The maximum absolute atomic E-state index is 12.9. The van der Waals surface area contributed by atoms with Crippen LogP contribution in [0.2, 0.25) is 4.34 Å². The Kier molecular flexibility index (Phi) is 5.55. The number of carbonyl (C=O) groups is 1. The summed E-state index contributed by atoms with van der Waals surface area (Å²) in [4.78, 5) is 36.1. The van der Waals surface area contributed by atoms with Crippen molar-refractivity contribution in [1.29, 1.82) is 0 Å². The molecule has 0 fully saturated rings. The van der Waals surface area contributed by atoms with Crippen molar-refractivity contribution in [1.82, 2.24) is 19.4 Å². The zero-order chi connectivity index (χ0) is 23.3. The highest BCUT2D eigenvalue weighted by atomic mass is 35.5. The lowest BCUT2D eigenvalue weighted by Crippen LogP contribution is -2.27. The lowest BCUT2D eigenvalue weighted by Gasteiger charge is -2.12. The fourth-order valence-electron chi connectivity index (χ4n) is 3.44. The largest absolute Gasteiger partial charge is 0.484 e. The second kappa shape index (κ2) is 8.40. The molecule has 1 aliphatic heterocycles. The van der Waals surface area contributed by atoms with E-state index in [4.69, 9.17) is 20.8 Å². The predicted molar refractivity (Wildman–Crippen MR) is 125 cm³/mol. The molecule has 1 atom stereocenters. The van der Waals surface area contributed by atoms with Crippen molar-refractivity contribution in [2.45, 2.75) is 11.5 Å². The van der Waals surface area contributed by atoms with Crippen LogP contribution in [-0.2, 0) is 27.1 Å². The standard InChI is InChI=1S/C21H17ClN4O5S2/c1-25(2)18(27)8-30-11-3-4-15-14(7-11)26(21(28)31-15)20-12-9-33(29)10-13(12)23-19(24-20)16-5-6-17(22)32-16/h3-7H,8-10H2,1-2H3. The molecule has 1 aliphatic rings. The van der Waals surface area contributed by atoms with E-state index in [1.165, 1.54) is 20.8 Å². The van der Waals surface area contributed by atoms with Gasteiger partial charge in [0.2, 0.25) is 0 Å². The fourth-order valence-corrected chi connectivity index (χ4v) is 5.68. The SMILES string of the molecule is CN(C)C(=O)COc1ccc2oc(=O)n(-c3nc(-c4ccc(Cl)s4)nc4c3CS(=O)C4)c2c1. The van der Waals surface area contributed by atoms with E-state index in [9.17, 15) is 13.8 Å². The van der Waals surface area contributed by atoms with Gasteiger partial charge in [0.05, 0.1) is 26.4 Å². The highest BCUT2D eigenvalue weighted by Gasteiger charge is 2.28. The molecule has 0 saturated heterocycles. The van der Waals surface area contributed by atoms with Gasteiger partial charge in [0.15, 0.2) is 23.8 Å². The van der Waals surface area contributed by atoms with Crippen LogP contribution >= 0.6 is 22.9 Å².